The molecule has 1 aromatic heterocycles. The van der Waals surface area contributed by atoms with Gasteiger partial charge in [-0.1, -0.05) is 36.4 Å². The number of aliphatic hydroxyl groups is 2. The van der Waals surface area contributed by atoms with Crippen LogP contribution in [0.4, 0.5) is 0 Å². The van der Waals surface area contributed by atoms with Crippen molar-refractivity contribution in [1.29, 1.82) is 0 Å². The van der Waals surface area contributed by atoms with Gasteiger partial charge in [0.15, 0.2) is 0 Å². The molecule has 2 nitrogen and oxygen atoms in total. The smallest absolute Gasteiger partial charge is 0.106 e. The van der Waals surface area contributed by atoms with Crippen molar-refractivity contribution in [3.05, 3.63) is 70.1 Å². The van der Waals surface area contributed by atoms with Gasteiger partial charge in [0.1, 0.15) is 12.2 Å². The molecule has 3 aromatic rings. The Kier molecular flexibility index (Phi) is 2.30. The number of benzene rings is 2. The van der Waals surface area contributed by atoms with E-state index < -0.39 is 12.2 Å². The molecule has 0 bridgehead atoms. The second kappa shape index (κ2) is 3.90. The van der Waals surface area contributed by atoms with Crippen LogP contribution in [0.25, 0.3) is 10.1 Å². The fraction of sp³-hybridized carbons (Fsp3) is 0.125. The highest BCUT2D eigenvalue weighted by Gasteiger charge is 2.31. The maximum Gasteiger partial charge on any atom is 0.106 e. The summed E-state index contributed by atoms with van der Waals surface area (Å²) in [5, 5.41) is 24.3. The van der Waals surface area contributed by atoms with Gasteiger partial charge in [-0.15, -0.1) is 11.3 Å². The van der Waals surface area contributed by atoms with Gasteiger partial charge in [-0.2, -0.15) is 0 Å². The summed E-state index contributed by atoms with van der Waals surface area (Å²) in [4.78, 5) is 0. The van der Waals surface area contributed by atoms with Gasteiger partial charge in [0, 0.05) is 10.3 Å². The minimum atomic E-state index is -0.656. The molecule has 0 fully saturated rings. The first-order valence-electron chi connectivity index (χ1n) is 6.22. The Balaban J connectivity index is 2.08. The summed E-state index contributed by atoms with van der Waals surface area (Å²) in [7, 11) is 0. The van der Waals surface area contributed by atoms with E-state index in [0.29, 0.717) is 0 Å². The summed E-state index contributed by atoms with van der Waals surface area (Å²) in [6.45, 7) is 0. The summed E-state index contributed by atoms with van der Waals surface area (Å²) >= 11 is 1.61. The zero-order chi connectivity index (χ0) is 13.0. The third-order valence-electron chi connectivity index (χ3n) is 3.85. The van der Waals surface area contributed by atoms with E-state index in [0.717, 1.165) is 32.3 Å². The van der Waals surface area contributed by atoms with E-state index in [1.807, 2.05) is 47.8 Å². The van der Waals surface area contributed by atoms with E-state index in [9.17, 15) is 10.2 Å². The van der Waals surface area contributed by atoms with Gasteiger partial charge >= 0.3 is 0 Å². The zero-order valence-electron chi connectivity index (χ0n) is 10.1. The molecule has 0 saturated carbocycles. The van der Waals surface area contributed by atoms with Crippen LogP contribution in [0.2, 0.25) is 0 Å². The molecule has 19 heavy (non-hydrogen) atoms. The van der Waals surface area contributed by atoms with Crippen molar-refractivity contribution in [2.75, 3.05) is 0 Å². The number of hydrogen-bond donors (Lipinski definition) is 2. The Morgan fingerprint density at radius 1 is 0.789 bits per heavy atom. The molecule has 0 aliphatic heterocycles. The van der Waals surface area contributed by atoms with E-state index in [1.165, 1.54) is 0 Å². The van der Waals surface area contributed by atoms with Crippen LogP contribution in [0, 0.1) is 0 Å². The molecular weight excluding hydrogens is 256 g/mol. The van der Waals surface area contributed by atoms with Crippen LogP contribution >= 0.6 is 11.3 Å². The molecule has 3 heteroatoms. The largest absolute Gasteiger partial charge is 0.384 e. The van der Waals surface area contributed by atoms with Crippen LogP contribution in [-0.2, 0) is 0 Å². The van der Waals surface area contributed by atoms with Gasteiger partial charge < -0.3 is 10.2 Å². The van der Waals surface area contributed by atoms with E-state index in [1.54, 1.807) is 11.3 Å². The van der Waals surface area contributed by atoms with Crippen LogP contribution in [0.1, 0.15) is 34.5 Å². The average Bonchev–Trinajstić information content (AvgIpc) is 2.92. The molecular formula is C16H12O2S. The van der Waals surface area contributed by atoms with Crippen molar-refractivity contribution in [3.8, 4) is 0 Å². The maximum atomic E-state index is 10.6. The van der Waals surface area contributed by atoms with Crippen molar-refractivity contribution >= 4 is 21.4 Å². The standard InChI is InChI=1S/C16H12O2S/c17-14-10-3-1-2-4-11(10)15(18)13-12(14)6-5-9-7-8-19-16(9)13/h1-8,14-15,17-18H. The molecule has 94 valence electrons. The summed E-state index contributed by atoms with van der Waals surface area (Å²) in [5.41, 5.74) is 3.29. The molecule has 1 aliphatic carbocycles. The second-order valence-electron chi connectivity index (χ2n) is 4.84. The molecule has 2 N–H and O–H groups in total. The SMILES string of the molecule is OC1c2ccccc2C(O)c2c1ccc1ccsc21. The minimum Gasteiger partial charge on any atom is -0.384 e. The predicted molar refractivity (Wildman–Crippen MR) is 76.4 cm³/mol. The van der Waals surface area contributed by atoms with Crippen molar-refractivity contribution in [1.82, 2.24) is 0 Å². The Morgan fingerprint density at radius 2 is 1.53 bits per heavy atom. The quantitative estimate of drug-likeness (QED) is 0.656. The monoisotopic (exact) mass is 268 g/mol. The highest BCUT2D eigenvalue weighted by atomic mass is 32.1. The normalized spacial score (nSPS) is 21.2. The lowest BCUT2D eigenvalue weighted by molar-refractivity contribution is 0.175. The van der Waals surface area contributed by atoms with Crippen molar-refractivity contribution in [2.24, 2.45) is 0 Å². The van der Waals surface area contributed by atoms with Crippen LogP contribution in [-0.4, -0.2) is 10.2 Å². The van der Waals surface area contributed by atoms with E-state index in [-0.39, 0.29) is 0 Å². The average molecular weight is 268 g/mol. The number of hydrogen-bond acceptors (Lipinski definition) is 3. The van der Waals surface area contributed by atoms with E-state index >= 15 is 0 Å². The summed E-state index contributed by atoms with van der Waals surface area (Å²) in [6.07, 6.45) is -1.31. The first-order valence-corrected chi connectivity index (χ1v) is 7.10. The van der Waals surface area contributed by atoms with Crippen LogP contribution in [0.5, 0.6) is 0 Å². The predicted octanol–water partition coefficient (Wildman–Crippen LogP) is 3.38. The number of rotatable bonds is 0. The zero-order valence-corrected chi connectivity index (χ0v) is 10.9. The molecule has 2 unspecified atom stereocenters. The minimum absolute atomic E-state index is 0.652. The van der Waals surface area contributed by atoms with Gasteiger partial charge in [-0.3, -0.25) is 0 Å². The van der Waals surface area contributed by atoms with Gasteiger partial charge in [-0.05, 0) is 33.5 Å². The van der Waals surface area contributed by atoms with Crippen molar-refractivity contribution in [2.45, 2.75) is 12.2 Å². The molecule has 0 amide bonds. The van der Waals surface area contributed by atoms with Gasteiger partial charge in [0.05, 0.1) is 0 Å². The molecule has 1 heterocycles. The second-order valence-corrected chi connectivity index (χ2v) is 5.76. The van der Waals surface area contributed by atoms with Gasteiger partial charge in [0.2, 0.25) is 0 Å². The van der Waals surface area contributed by atoms with Crippen molar-refractivity contribution in [3.63, 3.8) is 0 Å². The lowest BCUT2D eigenvalue weighted by Crippen LogP contribution is -2.17. The van der Waals surface area contributed by atoms with E-state index in [2.05, 4.69) is 0 Å². The Morgan fingerprint density at radius 3 is 2.32 bits per heavy atom. The first kappa shape index (κ1) is 11.2. The molecule has 0 spiro atoms. The molecule has 2 aromatic carbocycles. The number of aliphatic hydroxyl groups excluding tert-OH is 2. The third-order valence-corrected chi connectivity index (χ3v) is 4.81. The molecule has 4 rings (SSSR count). The van der Waals surface area contributed by atoms with Gasteiger partial charge in [0.25, 0.3) is 0 Å². The summed E-state index contributed by atoms with van der Waals surface area (Å²) in [5.74, 6) is 0. The summed E-state index contributed by atoms with van der Waals surface area (Å²) in [6, 6.07) is 13.5. The number of fused-ring (bicyclic) bond motifs is 4. The Bertz CT molecular complexity index is 775. The lowest BCUT2D eigenvalue weighted by atomic mass is 9.81. The highest BCUT2D eigenvalue weighted by molar-refractivity contribution is 7.17. The molecule has 2 atom stereocenters. The Labute approximate surface area is 114 Å². The van der Waals surface area contributed by atoms with E-state index in [4.69, 9.17) is 0 Å². The fourth-order valence-electron chi connectivity index (χ4n) is 2.92. The summed E-state index contributed by atoms with van der Waals surface area (Å²) < 4.78 is 1.07. The lowest BCUT2D eigenvalue weighted by Gasteiger charge is -2.29. The van der Waals surface area contributed by atoms with Crippen LogP contribution in [0.15, 0.2) is 47.8 Å². The van der Waals surface area contributed by atoms with Crippen LogP contribution in [0.3, 0.4) is 0 Å². The molecule has 0 radical (unpaired) electrons. The topological polar surface area (TPSA) is 40.5 Å². The fourth-order valence-corrected chi connectivity index (χ4v) is 3.90. The first-order chi connectivity index (χ1) is 9.27. The van der Waals surface area contributed by atoms with Crippen LogP contribution < -0.4 is 0 Å². The third kappa shape index (κ3) is 1.43. The maximum absolute atomic E-state index is 10.6. The number of thiophene rings is 1. The molecule has 1 aliphatic rings. The molecule has 0 saturated heterocycles. The Hall–Kier alpha value is -1.68. The van der Waals surface area contributed by atoms with Gasteiger partial charge in [-0.25, -0.2) is 0 Å². The highest BCUT2D eigenvalue weighted by Crippen LogP contribution is 2.44. The van der Waals surface area contributed by atoms with Crippen molar-refractivity contribution < 1.29 is 10.2 Å².